The molecular weight excluding hydrogens is 408 g/mol. The number of imide groups is 1. The first-order valence-corrected chi connectivity index (χ1v) is 10.9. The van der Waals surface area contributed by atoms with E-state index in [0.29, 0.717) is 10.6 Å². The summed E-state index contributed by atoms with van der Waals surface area (Å²) in [4.78, 5) is 40.1. The predicted molar refractivity (Wildman–Crippen MR) is 102 cm³/mol. The molecule has 2 heterocycles. The Morgan fingerprint density at radius 2 is 1.71 bits per heavy atom. The lowest BCUT2D eigenvalue weighted by Crippen LogP contribution is -2.53. The summed E-state index contributed by atoms with van der Waals surface area (Å²) >= 11 is 5.88. The van der Waals surface area contributed by atoms with E-state index in [1.54, 1.807) is 31.2 Å². The molecule has 1 aromatic rings. The first-order chi connectivity index (χ1) is 13.0. The number of halogens is 1. The van der Waals surface area contributed by atoms with E-state index >= 15 is 0 Å². The van der Waals surface area contributed by atoms with Gasteiger partial charge in [0.1, 0.15) is 12.1 Å². The van der Waals surface area contributed by atoms with Crippen LogP contribution in [0.15, 0.2) is 24.3 Å². The highest BCUT2D eigenvalue weighted by molar-refractivity contribution is 7.88. The number of sulfonamides is 1. The number of amides is 4. The molecule has 0 spiro atoms. The number of piperazine rings is 1. The average molecular weight is 429 g/mol. The minimum Gasteiger partial charge on any atom is -0.338 e. The molecule has 0 bridgehead atoms. The van der Waals surface area contributed by atoms with Crippen LogP contribution in [0.4, 0.5) is 4.79 Å². The summed E-state index contributed by atoms with van der Waals surface area (Å²) in [6.07, 6.45) is 1.12. The summed E-state index contributed by atoms with van der Waals surface area (Å²) < 4.78 is 24.4. The number of carbonyl (C=O) groups excluding carboxylic acids is 3. The van der Waals surface area contributed by atoms with Crippen LogP contribution in [0.1, 0.15) is 12.5 Å². The number of nitrogens with one attached hydrogen (secondary N) is 1. The van der Waals surface area contributed by atoms with E-state index in [1.807, 2.05) is 0 Å². The van der Waals surface area contributed by atoms with Crippen LogP contribution in [-0.4, -0.2) is 79.3 Å². The fourth-order valence-electron chi connectivity index (χ4n) is 3.32. The quantitative estimate of drug-likeness (QED) is 0.690. The van der Waals surface area contributed by atoms with Crippen LogP contribution < -0.4 is 5.32 Å². The molecule has 0 aromatic heterocycles. The van der Waals surface area contributed by atoms with Crippen molar-refractivity contribution in [1.29, 1.82) is 0 Å². The zero-order valence-electron chi connectivity index (χ0n) is 15.5. The van der Waals surface area contributed by atoms with E-state index in [9.17, 15) is 22.8 Å². The average Bonchev–Trinajstić information content (AvgIpc) is 2.85. The van der Waals surface area contributed by atoms with Crippen molar-refractivity contribution in [2.75, 3.05) is 39.0 Å². The number of hydrogen-bond acceptors (Lipinski definition) is 5. The van der Waals surface area contributed by atoms with E-state index < -0.39 is 40.0 Å². The number of nitrogens with zero attached hydrogens (tertiary/aromatic N) is 3. The molecule has 1 atom stereocenters. The molecule has 11 heteroatoms. The molecule has 9 nitrogen and oxygen atoms in total. The van der Waals surface area contributed by atoms with Gasteiger partial charge in [-0.05, 0) is 24.6 Å². The van der Waals surface area contributed by atoms with Gasteiger partial charge in [-0.2, -0.15) is 4.31 Å². The minimum atomic E-state index is -3.31. The number of hydrogen-bond donors (Lipinski definition) is 1. The van der Waals surface area contributed by atoms with E-state index in [2.05, 4.69) is 5.32 Å². The fourth-order valence-corrected chi connectivity index (χ4v) is 4.28. The van der Waals surface area contributed by atoms with E-state index in [4.69, 9.17) is 11.6 Å². The molecule has 0 radical (unpaired) electrons. The highest BCUT2D eigenvalue weighted by atomic mass is 35.5. The number of carbonyl (C=O) groups is 3. The number of urea groups is 1. The maximum Gasteiger partial charge on any atom is 0.325 e. The van der Waals surface area contributed by atoms with Crippen LogP contribution in [0, 0.1) is 0 Å². The van der Waals surface area contributed by atoms with Gasteiger partial charge in [-0.25, -0.2) is 13.2 Å². The fraction of sp³-hybridized carbons (Fsp3) is 0.471. The van der Waals surface area contributed by atoms with Gasteiger partial charge in [-0.3, -0.25) is 14.5 Å². The van der Waals surface area contributed by atoms with Crippen LogP contribution in [0.3, 0.4) is 0 Å². The Hall–Kier alpha value is -2.17. The Labute approximate surface area is 168 Å². The molecular formula is C17H21ClN4O5S. The van der Waals surface area contributed by atoms with E-state index in [1.165, 1.54) is 9.21 Å². The summed E-state index contributed by atoms with van der Waals surface area (Å²) in [7, 11) is -3.31. The van der Waals surface area contributed by atoms with Gasteiger partial charge < -0.3 is 10.2 Å². The lowest BCUT2D eigenvalue weighted by Gasteiger charge is -2.33. The maximum absolute atomic E-state index is 12.9. The van der Waals surface area contributed by atoms with Crippen LogP contribution in [0.5, 0.6) is 0 Å². The molecule has 0 saturated carbocycles. The van der Waals surface area contributed by atoms with Gasteiger partial charge in [0.2, 0.25) is 15.9 Å². The Bertz CT molecular complexity index is 912. The van der Waals surface area contributed by atoms with Crippen LogP contribution in [0.25, 0.3) is 0 Å². The molecule has 152 valence electrons. The standard InChI is InChI=1S/C17H21ClN4O5S/c1-17(12-3-5-13(18)6-4-12)15(24)22(16(25)19-17)11-14(23)20-7-9-21(10-8-20)28(2,26)27/h3-6H,7-11H2,1-2H3,(H,19,25)/t17-/m0/s1. The summed E-state index contributed by atoms with van der Waals surface area (Å²) in [5.41, 5.74) is -0.719. The Morgan fingerprint density at radius 1 is 1.14 bits per heavy atom. The Morgan fingerprint density at radius 3 is 2.25 bits per heavy atom. The van der Waals surface area contributed by atoms with Gasteiger partial charge in [0, 0.05) is 31.2 Å². The SMILES string of the molecule is C[C@@]1(c2ccc(Cl)cc2)NC(=O)N(CC(=O)N2CCN(S(C)(=O)=O)CC2)C1=O. The molecule has 1 aromatic carbocycles. The first kappa shape index (κ1) is 20.6. The molecule has 2 fully saturated rings. The molecule has 0 aliphatic carbocycles. The van der Waals surface area contributed by atoms with Gasteiger partial charge in [-0.1, -0.05) is 23.7 Å². The lowest BCUT2D eigenvalue weighted by atomic mass is 9.92. The van der Waals surface area contributed by atoms with Crippen molar-refractivity contribution in [3.8, 4) is 0 Å². The normalized spacial score (nSPS) is 23.8. The molecule has 4 amide bonds. The second-order valence-electron chi connectivity index (χ2n) is 7.00. The molecule has 2 saturated heterocycles. The van der Waals surface area contributed by atoms with Crippen molar-refractivity contribution in [3.63, 3.8) is 0 Å². The van der Waals surface area contributed by atoms with E-state index in [-0.39, 0.29) is 26.2 Å². The summed E-state index contributed by atoms with van der Waals surface area (Å²) in [6, 6.07) is 5.89. The Balaban J connectivity index is 1.68. The largest absolute Gasteiger partial charge is 0.338 e. The van der Waals surface area contributed by atoms with Gasteiger partial charge in [0.15, 0.2) is 0 Å². The van der Waals surface area contributed by atoms with Crippen molar-refractivity contribution in [1.82, 2.24) is 19.4 Å². The van der Waals surface area contributed by atoms with E-state index in [0.717, 1.165) is 11.2 Å². The maximum atomic E-state index is 12.9. The second-order valence-corrected chi connectivity index (χ2v) is 9.42. The summed E-state index contributed by atoms with van der Waals surface area (Å²) in [5, 5.41) is 3.14. The van der Waals surface area contributed by atoms with Crippen molar-refractivity contribution < 1.29 is 22.8 Å². The van der Waals surface area contributed by atoms with Gasteiger partial charge in [-0.15, -0.1) is 0 Å². The van der Waals surface area contributed by atoms with Crippen molar-refractivity contribution in [2.45, 2.75) is 12.5 Å². The minimum absolute atomic E-state index is 0.188. The molecule has 28 heavy (non-hydrogen) atoms. The highest BCUT2D eigenvalue weighted by Gasteiger charge is 2.49. The van der Waals surface area contributed by atoms with Crippen LogP contribution in [-0.2, 0) is 25.2 Å². The molecule has 2 aliphatic heterocycles. The predicted octanol–water partition coefficient (Wildman–Crippen LogP) is 0.211. The zero-order chi connectivity index (χ0) is 20.7. The number of rotatable bonds is 4. The number of benzene rings is 1. The molecule has 1 N–H and O–H groups in total. The summed E-state index contributed by atoms with van der Waals surface area (Å²) in [5.74, 6) is -0.931. The topological polar surface area (TPSA) is 107 Å². The molecule has 0 unspecified atom stereocenters. The lowest BCUT2D eigenvalue weighted by molar-refractivity contribution is -0.139. The second kappa shape index (κ2) is 7.34. The summed E-state index contributed by atoms with van der Waals surface area (Å²) in [6.45, 7) is 1.98. The van der Waals surface area contributed by atoms with Crippen LogP contribution in [0.2, 0.25) is 5.02 Å². The third kappa shape index (κ3) is 3.85. The van der Waals surface area contributed by atoms with Crippen molar-refractivity contribution in [2.24, 2.45) is 0 Å². The smallest absolute Gasteiger partial charge is 0.325 e. The van der Waals surface area contributed by atoms with Crippen molar-refractivity contribution in [3.05, 3.63) is 34.9 Å². The van der Waals surface area contributed by atoms with Gasteiger partial charge in [0.05, 0.1) is 6.26 Å². The third-order valence-corrected chi connectivity index (χ3v) is 6.61. The van der Waals surface area contributed by atoms with Gasteiger partial charge >= 0.3 is 6.03 Å². The molecule has 3 rings (SSSR count). The Kier molecular flexibility index (Phi) is 5.39. The monoisotopic (exact) mass is 428 g/mol. The van der Waals surface area contributed by atoms with Crippen molar-refractivity contribution >= 4 is 39.5 Å². The zero-order valence-corrected chi connectivity index (χ0v) is 17.1. The van der Waals surface area contributed by atoms with Crippen LogP contribution >= 0.6 is 11.6 Å². The first-order valence-electron chi connectivity index (χ1n) is 8.65. The highest BCUT2D eigenvalue weighted by Crippen LogP contribution is 2.29. The third-order valence-electron chi connectivity index (χ3n) is 5.05. The van der Waals surface area contributed by atoms with Gasteiger partial charge in [0.25, 0.3) is 5.91 Å². The molecule has 2 aliphatic rings.